The van der Waals surface area contributed by atoms with Gasteiger partial charge >= 0.3 is 0 Å². The lowest BCUT2D eigenvalue weighted by Gasteiger charge is -2.33. The van der Waals surface area contributed by atoms with Crippen molar-refractivity contribution in [2.45, 2.75) is 44.7 Å². The number of amides is 1. The molecule has 0 bridgehead atoms. The predicted octanol–water partition coefficient (Wildman–Crippen LogP) is 0.335. The Kier molecular flexibility index (Phi) is 2.27. The molecule has 0 atom stereocenters. The smallest absolute Gasteiger partial charge is 0.238 e. The molecular weight excluding hydrogens is 178 g/mol. The van der Waals surface area contributed by atoms with Crippen molar-refractivity contribution in [1.82, 2.24) is 10.0 Å². The van der Waals surface area contributed by atoms with Crippen LogP contribution in [0.3, 0.4) is 0 Å². The first-order valence-electron chi connectivity index (χ1n) is 5.33. The van der Waals surface area contributed by atoms with E-state index in [1.54, 1.807) is 0 Å². The van der Waals surface area contributed by atoms with Crippen LogP contribution in [0, 0.1) is 0 Å². The van der Waals surface area contributed by atoms with E-state index in [0.717, 1.165) is 6.54 Å². The van der Waals surface area contributed by atoms with Crippen molar-refractivity contribution >= 4 is 5.91 Å². The highest BCUT2D eigenvalue weighted by atomic mass is 16.2. The van der Waals surface area contributed by atoms with Gasteiger partial charge in [-0.2, -0.15) is 0 Å². The number of nitrogens with two attached hydrogens (primary N) is 1. The van der Waals surface area contributed by atoms with E-state index in [1.165, 1.54) is 12.8 Å². The zero-order valence-corrected chi connectivity index (χ0v) is 8.99. The van der Waals surface area contributed by atoms with Crippen LogP contribution in [-0.4, -0.2) is 40.6 Å². The highest BCUT2D eigenvalue weighted by molar-refractivity contribution is 5.77. The summed E-state index contributed by atoms with van der Waals surface area (Å²) in [5, 5.41) is 4.06. The Morgan fingerprint density at radius 2 is 2.14 bits per heavy atom. The summed E-state index contributed by atoms with van der Waals surface area (Å²) in [6.07, 6.45) is 3.12. The van der Waals surface area contributed by atoms with Crippen LogP contribution in [0.15, 0.2) is 0 Å². The number of hydrogen-bond acceptors (Lipinski definition) is 3. The number of carbonyl (C=O) groups excluding carboxylic acids is 1. The molecule has 1 saturated carbocycles. The van der Waals surface area contributed by atoms with Gasteiger partial charge in [0.05, 0.1) is 6.54 Å². The SMILES string of the molecule is CC(C)(N)CN1C(=O)CCN1C1CC1. The number of hydrogen-bond donors (Lipinski definition) is 1. The standard InChI is InChI=1S/C10H19N3O/c1-10(2,11)7-13-9(14)5-6-12(13)8-3-4-8/h8H,3-7,11H2,1-2H3. The molecule has 1 aliphatic heterocycles. The van der Waals surface area contributed by atoms with Gasteiger partial charge in [0.25, 0.3) is 0 Å². The van der Waals surface area contributed by atoms with Crippen molar-refractivity contribution in [3.05, 3.63) is 0 Å². The van der Waals surface area contributed by atoms with Crippen molar-refractivity contribution < 1.29 is 4.79 Å². The molecule has 0 radical (unpaired) electrons. The minimum Gasteiger partial charge on any atom is -0.324 e. The average molecular weight is 197 g/mol. The first kappa shape index (κ1) is 9.93. The van der Waals surface area contributed by atoms with Crippen molar-refractivity contribution in [2.24, 2.45) is 5.73 Å². The van der Waals surface area contributed by atoms with E-state index in [4.69, 9.17) is 5.73 Å². The van der Waals surface area contributed by atoms with Gasteiger partial charge in [-0.3, -0.25) is 9.80 Å². The fraction of sp³-hybridized carbons (Fsp3) is 0.900. The van der Waals surface area contributed by atoms with Gasteiger partial charge in [-0.25, -0.2) is 5.01 Å². The third-order valence-electron chi connectivity index (χ3n) is 2.68. The third-order valence-corrected chi connectivity index (χ3v) is 2.68. The van der Waals surface area contributed by atoms with Crippen LogP contribution in [0.5, 0.6) is 0 Å². The Hall–Kier alpha value is -0.610. The quantitative estimate of drug-likeness (QED) is 0.709. The molecule has 14 heavy (non-hydrogen) atoms. The number of rotatable bonds is 3. The zero-order valence-electron chi connectivity index (χ0n) is 8.99. The van der Waals surface area contributed by atoms with Crippen LogP contribution in [0.1, 0.15) is 33.1 Å². The molecular formula is C10H19N3O. The predicted molar refractivity (Wildman–Crippen MR) is 54.3 cm³/mol. The molecule has 2 rings (SSSR count). The number of hydrazine groups is 1. The fourth-order valence-corrected chi connectivity index (χ4v) is 1.92. The van der Waals surface area contributed by atoms with Gasteiger partial charge in [0.2, 0.25) is 5.91 Å². The summed E-state index contributed by atoms with van der Waals surface area (Å²) in [7, 11) is 0. The highest BCUT2D eigenvalue weighted by Gasteiger charge is 2.40. The summed E-state index contributed by atoms with van der Waals surface area (Å²) < 4.78 is 0. The third kappa shape index (κ3) is 2.07. The highest BCUT2D eigenvalue weighted by Crippen LogP contribution is 2.31. The van der Waals surface area contributed by atoms with Gasteiger partial charge in [-0.15, -0.1) is 0 Å². The van der Waals surface area contributed by atoms with Crippen LogP contribution in [-0.2, 0) is 4.79 Å². The van der Waals surface area contributed by atoms with Crippen LogP contribution >= 0.6 is 0 Å². The average Bonchev–Trinajstić information content (AvgIpc) is 2.80. The molecule has 1 amide bonds. The molecule has 1 heterocycles. The van der Waals surface area contributed by atoms with E-state index in [1.807, 2.05) is 18.9 Å². The molecule has 0 aromatic carbocycles. The lowest BCUT2D eigenvalue weighted by molar-refractivity contribution is -0.140. The van der Waals surface area contributed by atoms with E-state index in [-0.39, 0.29) is 11.4 Å². The topological polar surface area (TPSA) is 49.6 Å². The second-order valence-electron chi connectivity index (χ2n) is 5.08. The Labute approximate surface area is 85.0 Å². The maximum Gasteiger partial charge on any atom is 0.238 e. The molecule has 1 aliphatic carbocycles. The Morgan fingerprint density at radius 3 is 2.64 bits per heavy atom. The van der Waals surface area contributed by atoms with Gasteiger partial charge in [-0.05, 0) is 26.7 Å². The van der Waals surface area contributed by atoms with Gasteiger partial charge in [0.15, 0.2) is 0 Å². The number of nitrogens with zero attached hydrogens (tertiary/aromatic N) is 2. The molecule has 2 aliphatic rings. The van der Waals surface area contributed by atoms with E-state index < -0.39 is 0 Å². The van der Waals surface area contributed by atoms with Gasteiger partial charge < -0.3 is 5.73 Å². The van der Waals surface area contributed by atoms with Crippen molar-refractivity contribution in [2.75, 3.05) is 13.1 Å². The van der Waals surface area contributed by atoms with E-state index in [0.29, 0.717) is 19.0 Å². The monoisotopic (exact) mass is 197 g/mol. The van der Waals surface area contributed by atoms with E-state index in [9.17, 15) is 4.79 Å². The van der Waals surface area contributed by atoms with Crippen molar-refractivity contribution in [3.63, 3.8) is 0 Å². The van der Waals surface area contributed by atoms with Crippen LogP contribution in [0.4, 0.5) is 0 Å². The maximum absolute atomic E-state index is 11.6. The van der Waals surface area contributed by atoms with Crippen LogP contribution < -0.4 is 5.73 Å². The van der Waals surface area contributed by atoms with Gasteiger partial charge in [0, 0.05) is 24.5 Å². The molecule has 2 N–H and O–H groups in total. The van der Waals surface area contributed by atoms with E-state index in [2.05, 4.69) is 5.01 Å². The minimum atomic E-state index is -0.298. The first-order chi connectivity index (χ1) is 6.47. The van der Waals surface area contributed by atoms with Crippen LogP contribution in [0.25, 0.3) is 0 Å². The molecule has 0 aromatic heterocycles. The second-order valence-corrected chi connectivity index (χ2v) is 5.08. The molecule has 80 valence electrons. The maximum atomic E-state index is 11.6. The molecule has 0 unspecified atom stereocenters. The molecule has 0 aromatic rings. The van der Waals surface area contributed by atoms with Gasteiger partial charge in [0.1, 0.15) is 0 Å². The molecule has 0 spiro atoms. The Balaban J connectivity index is 2.01. The van der Waals surface area contributed by atoms with Crippen LogP contribution in [0.2, 0.25) is 0 Å². The normalized spacial score (nSPS) is 24.8. The summed E-state index contributed by atoms with van der Waals surface area (Å²) in [5.41, 5.74) is 5.64. The molecule has 4 heteroatoms. The summed E-state index contributed by atoms with van der Waals surface area (Å²) >= 11 is 0. The summed E-state index contributed by atoms with van der Waals surface area (Å²) in [6.45, 7) is 5.45. The van der Waals surface area contributed by atoms with Crippen molar-refractivity contribution in [3.8, 4) is 0 Å². The second kappa shape index (κ2) is 3.21. The summed E-state index contributed by atoms with van der Waals surface area (Å²) in [6, 6.07) is 0.615. The van der Waals surface area contributed by atoms with Gasteiger partial charge in [-0.1, -0.05) is 0 Å². The minimum absolute atomic E-state index is 0.232. The molecule has 2 fully saturated rings. The summed E-state index contributed by atoms with van der Waals surface area (Å²) in [4.78, 5) is 11.6. The first-order valence-corrected chi connectivity index (χ1v) is 5.33. The molecule has 1 saturated heterocycles. The number of carbonyl (C=O) groups is 1. The van der Waals surface area contributed by atoms with E-state index >= 15 is 0 Å². The fourth-order valence-electron chi connectivity index (χ4n) is 1.92. The lowest BCUT2D eigenvalue weighted by Crippen LogP contribution is -2.51. The summed E-state index contributed by atoms with van der Waals surface area (Å²) in [5.74, 6) is 0.232. The van der Waals surface area contributed by atoms with Crippen molar-refractivity contribution in [1.29, 1.82) is 0 Å². The Bertz CT molecular complexity index is 242. The Morgan fingerprint density at radius 1 is 1.50 bits per heavy atom. The zero-order chi connectivity index (χ0) is 10.3. The largest absolute Gasteiger partial charge is 0.324 e. The lowest BCUT2D eigenvalue weighted by atomic mass is 10.1. The molecule has 4 nitrogen and oxygen atoms in total.